The van der Waals surface area contributed by atoms with E-state index in [9.17, 15) is 9.59 Å². The average molecular weight is 362 g/mol. The molecule has 0 radical (unpaired) electrons. The van der Waals surface area contributed by atoms with E-state index >= 15 is 0 Å². The molecule has 0 bridgehead atoms. The summed E-state index contributed by atoms with van der Waals surface area (Å²) < 4.78 is 10.7. The van der Waals surface area contributed by atoms with E-state index in [0.717, 1.165) is 37.1 Å². The van der Waals surface area contributed by atoms with Crippen LogP contribution in [0.2, 0.25) is 0 Å². The lowest BCUT2D eigenvalue weighted by Crippen LogP contribution is -2.53. The fourth-order valence-corrected chi connectivity index (χ4v) is 2.91. The van der Waals surface area contributed by atoms with Gasteiger partial charge in [0.05, 0.1) is 13.2 Å². The smallest absolute Gasteiger partial charge is 0.329 e. The second-order valence-electron chi connectivity index (χ2n) is 7.65. The molecule has 1 aliphatic heterocycles. The molecule has 0 aliphatic carbocycles. The number of rotatable bonds is 6. The van der Waals surface area contributed by atoms with E-state index in [0.29, 0.717) is 6.42 Å². The Morgan fingerprint density at radius 2 is 1.92 bits per heavy atom. The average Bonchev–Trinajstić information content (AvgIpc) is 2.61. The molecule has 2 rings (SSSR count). The molecular weight excluding hydrogens is 332 g/mol. The van der Waals surface area contributed by atoms with Crippen LogP contribution in [-0.2, 0) is 20.7 Å². The Hall–Kier alpha value is -2.08. The van der Waals surface area contributed by atoms with E-state index in [-0.39, 0.29) is 11.9 Å². The van der Waals surface area contributed by atoms with E-state index in [1.54, 1.807) is 7.11 Å². The molecule has 1 aromatic carbocycles. The number of methoxy groups -OCH3 is 1. The summed E-state index contributed by atoms with van der Waals surface area (Å²) in [6.45, 7) is 6.28. The summed E-state index contributed by atoms with van der Waals surface area (Å²) in [6, 6.07) is 6.49. The lowest BCUT2D eigenvalue weighted by molar-refractivity contribution is -0.158. The van der Waals surface area contributed by atoms with E-state index in [1.165, 1.54) is 0 Å². The molecule has 6 nitrogen and oxygen atoms in total. The van der Waals surface area contributed by atoms with Gasteiger partial charge >= 0.3 is 5.97 Å². The molecule has 0 spiro atoms. The first-order chi connectivity index (χ1) is 12.3. The normalized spacial score (nSPS) is 18.7. The van der Waals surface area contributed by atoms with Crippen LogP contribution in [0.15, 0.2) is 24.3 Å². The minimum absolute atomic E-state index is 0.144. The number of benzene rings is 1. The topological polar surface area (TPSA) is 76.7 Å². The van der Waals surface area contributed by atoms with Gasteiger partial charge in [0.1, 0.15) is 17.4 Å². The van der Waals surface area contributed by atoms with Crippen LogP contribution in [0.1, 0.15) is 45.6 Å². The molecule has 0 unspecified atom stereocenters. The number of carbonyl (C=O) groups is 2. The summed E-state index contributed by atoms with van der Waals surface area (Å²) >= 11 is 0. The number of esters is 1. The third-order valence-electron chi connectivity index (χ3n) is 4.23. The molecule has 6 heteroatoms. The van der Waals surface area contributed by atoms with Crippen LogP contribution in [0.4, 0.5) is 0 Å². The molecule has 2 atom stereocenters. The Bertz CT molecular complexity index is 601. The minimum Gasteiger partial charge on any atom is -0.497 e. The van der Waals surface area contributed by atoms with Gasteiger partial charge in [-0.25, -0.2) is 4.79 Å². The number of ether oxygens (including phenoxy) is 2. The molecule has 1 aliphatic rings. The van der Waals surface area contributed by atoms with Gasteiger partial charge < -0.3 is 20.1 Å². The van der Waals surface area contributed by atoms with Crippen molar-refractivity contribution >= 4 is 11.9 Å². The van der Waals surface area contributed by atoms with Crippen LogP contribution in [0.5, 0.6) is 5.75 Å². The van der Waals surface area contributed by atoms with Gasteiger partial charge in [0.2, 0.25) is 5.91 Å². The number of hydrogen-bond donors (Lipinski definition) is 2. The Kier molecular flexibility index (Phi) is 7.03. The van der Waals surface area contributed by atoms with Crippen LogP contribution >= 0.6 is 0 Å². The van der Waals surface area contributed by atoms with Crippen molar-refractivity contribution in [3.05, 3.63) is 29.8 Å². The van der Waals surface area contributed by atoms with Crippen molar-refractivity contribution in [3.63, 3.8) is 0 Å². The summed E-state index contributed by atoms with van der Waals surface area (Å²) in [5.74, 6) is 0.185. The maximum absolute atomic E-state index is 12.6. The van der Waals surface area contributed by atoms with E-state index in [4.69, 9.17) is 9.47 Å². The second-order valence-corrected chi connectivity index (χ2v) is 7.65. The highest BCUT2D eigenvalue weighted by Crippen LogP contribution is 2.16. The minimum atomic E-state index is -0.723. The summed E-state index contributed by atoms with van der Waals surface area (Å²) in [6.07, 6.45) is 3.25. The van der Waals surface area contributed by atoms with Gasteiger partial charge in [0, 0.05) is 6.42 Å². The number of hydrogen-bond acceptors (Lipinski definition) is 5. The first-order valence-corrected chi connectivity index (χ1v) is 9.18. The van der Waals surface area contributed by atoms with E-state index in [2.05, 4.69) is 10.6 Å². The van der Waals surface area contributed by atoms with Crippen LogP contribution < -0.4 is 15.4 Å². The third kappa shape index (κ3) is 6.33. The summed E-state index contributed by atoms with van der Waals surface area (Å²) in [5, 5.41) is 6.09. The highest BCUT2D eigenvalue weighted by atomic mass is 16.6. The Morgan fingerprint density at radius 1 is 1.23 bits per heavy atom. The molecule has 26 heavy (non-hydrogen) atoms. The van der Waals surface area contributed by atoms with Crippen molar-refractivity contribution in [2.24, 2.45) is 0 Å². The number of amides is 1. The third-order valence-corrected chi connectivity index (χ3v) is 4.23. The molecule has 0 aromatic heterocycles. The zero-order valence-corrected chi connectivity index (χ0v) is 16.1. The predicted octanol–water partition coefficient (Wildman–Crippen LogP) is 2.21. The van der Waals surface area contributed by atoms with Crippen LogP contribution in [-0.4, -0.2) is 43.2 Å². The zero-order chi connectivity index (χ0) is 19.2. The first-order valence-electron chi connectivity index (χ1n) is 9.18. The lowest BCUT2D eigenvalue weighted by Gasteiger charge is -2.27. The SMILES string of the molecule is COc1ccc(C[C@H](NC(=O)[C@@H]2CCCCN2)C(=O)OC(C)(C)C)cc1. The van der Waals surface area contributed by atoms with Gasteiger partial charge in [0.25, 0.3) is 0 Å². The van der Waals surface area contributed by atoms with E-state index in [1.807, 2.05) is 45.0 Å². The maximum Gasteiger partial charge on any atom is 0.329 e. The summed E-state index contributed by atoms with van der Waals surface area (Å²) in [7, 11) is 1.61. The number of nitrogens with one attached hydrogen (secondary N) is 2. The molecule has 1 fully saturated rings. The quantitative estimate of drug-likeness (QED) is 0.759. The molecule has 1 amide bonds. The highest BCUT2D eigenvalue weighted by Gasteiger charge is 2.30. The van der Waals surface area contributed by atoms with Gasteiger partial charge in [-0.3, -0.25) is 4.79 Å². The van der Waals surface area contributed by atoms with E-state index < -0.39 is 17.6 Å². The van der Waals surface area contributed by atoms with Crippen LogP contribution in [0, 0.1) is 0 Å². The number of piperidine rings is 1. The first kappa shape index (κ1) is 20.2. The highest BCUT2D eigenvalue weighted by molar-refractivity contribution is 5.88. The molecule has 1 saturated heterocycles. The Balaban J connectivity index is 2.09. The van der Waals surface area contributed by atoms with Crippen LogP contribution in [0.25, 0.3) is 0 Å². The summed E-state index contributed by atoms with van der Waals surface area (Å²) in [5.41, 5.74) is 0.321. The van der Waals surface area contributed by atoms with Gasteiger partial charge in [-0.2, -0.15) is 0 Å². The lowest BCUT2D eigenvalue weighted by atomic mass is 10.0. The number of carbonyl (C=O) groups excluding carboxylic acids is 2. The molecule has 2 N–H and O–H groups in total. The van der Waals surface area contributed by atoms with Gasteiger partial charge in [-0.1, -0.05) is 18.6 Å². The largest absolute Gasteiger partial charge is 0.497 e. The predicted molar refractivity (Wildman–Crippen MR) is 100 cm³/mol. The van der Waals surface area contributed by atoms with Crippen molar-refractivity contribution in [2.45, 2.75) is 64.1 Å². The van der Waals surface area contributed by atoms with Crippen molar-refractivity contribution in [1.82, 2.24) is 10.6 Å². The van der Waals surface area contributed by atoms with Crippen molar-refractivity contribution in [3.8, 4) is 5.75 Å². The van der Waals surface area contributed by atoms with Crippen molar-refractivity contribution < 1.29 is 19.1 Å². The fourth-order valence-electron chi connectivity index (χ4n) is 2.91. The van der Waals surface area contributed by atoms with Gasteiger partial charge in [0.15, 0.2) is 0 Å². The molecule has 0 saturated carbocycles. The Labute approximate surface area is 155 Å². The van der Waals surface area contributed by atoms with Crippen LogP contribution in [0.3, 0.4) is 0 Å². The van der Waals surface area contributed by atoms with Gasteiger partial charge in [-0.05, 0) is 57.9 Å². The molecular formula is C20H30N2O4. The van der Waals surface area contributed by atoms with Crippen molar-refractivity contribution in [1.29, 1.82) is 0 Å². The monoisotopic (exact) mass is 362 g/mol. The van der Waals surface area contributed by atoms with Gasteiger partial charge in [-0.15, -0.1) is 0 Å². The molecule has 144 valence electrons. The molecule has 1 aromatic rings. The Morgan fingerprint density at radius 3 is 2.46 bits per heavy atom. The fraction of sp³-hybridized carbons (Fsp3) is 0.600. The second kappa shape index (κ2) is 9.03. The maximum atomic E-state index is 12.6. The van der Waals surface area contributed by atoms with Crippen molar-refractivity contribution in [2.75, 3.05) is 13.7 Å². The summed E-state index contributed by atoms with van der Waals surface area (Å²) in [4.78, 5) is 25.2. The standard InChI is InChI=1S/C20H30N2O4/c1-20(2,3)26-19(24)17(13-14-8-10-15(25-4)11-9-14)22-18(23)16-7-5-6-12-21-16/h8-11,16-17,21H,5-7,12-13H2,1-4H3,(H,22,23)/t16-,17-/m0/s1. The molecule has 1 heterocycles. The zero-order valence-electron chi connectivity index (χ0n) is 16.1.